The van der Waals surface area contributed by atoms with Crippen LogP contribution in [0.15, 0.2) is 29.3 Å². The van der Waals surface area contributed by atoms with Gasteiger partial charge >= 0.3 is 0 Å². The van der Waals surface area contributed by atoms with Gasteiger partial charge in [0.25, 0.3) is 11.5 Å². The van der Waals surface area contributed by atoms with Crippen LogP contribution in [-0.4, -0.2) is 63.1 Å². The van der Waals surface area contributed by atoms with Gasteiger partial charge in [-0.25, -0.2) is 13.9 Å². The zero-order valence-corrected chi connectivity index (χ0v) is 17.9. The molecule has 164 valence electrons. The molecule has 0 saturated carbocycles. The molecule has 0 aromatic carbocycles. The van der Waals surface area contributed by atoms with Crippen molar-refractivity contribution in [3.05, 3.63) is 57.6 Å². The Morgan fingerprint density at radius 2 is 2.16 bits per heavy atom. The summed E-state index contributed by atoms with van der Waals surface area (Å²) in [6.45, 7) is 6.97. The van der Waals surface area contributed by atoms with E-state index in [1.165, 1.54) is 13.1 Å². The highest BCUT2D eigenvalue weighted by Crippen LogP contribution is 2.22. The number of carbonyl (C=O) groups excluding carboxylic acids is 1. The molecular formula is C21H26FN7O2. The first-order valence-corrected chi connectivity index (χ1v) is 10.4. The summed E-state index contributed by atoms with van der Waals surface area (Å²) in [6, 6.07) is 3.54. The molecule has 0 aliphatic carbocycles. The van der Waals surface area contributed by atoms with E-state index in [0.717, 1.165) is 18.7 Å². The van der Waals surface area contributed by atoms with Crippen molar-refractivity contribution < 1.29 is 9.18 Å². The van der Waals surface area contributed by atoms with Gasteiger partial charge in [0, 0.05) is 51.5 Å². The summed E-state index contributed by atoms with van der Waals surface area (Å²) in [6.07, 6.45) is 4.07. The number of rotatable bonds is 5. The maximum absolute atomic E-state index is 14.3. The van der Waals surface area contributed by atoms with Crippen LogP contribution in [0, 0.1) is 5.82 Å². The zero-order chi connectivity index (χ0) is 22.1. The smallest absolute Gasteiger partial charge is 0.273 e. The molecule has 1 fully saturated rings. The Labute approximate surface area is 178 Å². The van der Waals surface area contributed by atoms with Crippen molar-refractivity contribution in [2.24, 2.45) is 0 Å². The van der Waals surface area contributed by atoms with Crippen molar-refractivity contribution in [1.29, 1.82) is 0 Å². The van der Waals surface area contributed by atoms with Crippen LogP contribution in [-0.2, 0) is 13.0 Å². The van der Waals surface area contributed by atoms with Crippen LogP contribution in [0.3, 0.4) is 0 Å². The number of H-pyrrole nitrogens is 1. The molecule has 4 heterocycles. The van der Waals surface area contributed by atoms with E-state index < -0.39 is 11.7 Å². The van der Waals surface area contributed by atoms with E-state index in [9.17, 15) is 14.0 Å². The number of nitrogens with zero attached hydrogens (tertiary/aromatic N) is 5. The molecule has 2 N–H and O–H groups in total. The van der Waals surface area contributed by atoms with Crippen LogP contribution in [0.5, 0.6) is 0 Å². The van der Waals surface area contributed by atoms with Crippen LogP contribution in [0.2, 0.25) is 0 Å². The van der Waals surface area contributed by atoms with Crippen molar-refractivity contribution in [1.82, 2.24) is 29.8 Å². The number of aryl methyl sites for hydroxylation is 1. The molecule has 3 aromatic heterocycles. The van der Waals surface area contributed by atoms with Crippen LogP contribution >= 0.6 is 0 Å². The fourth-order valence-corrected chi connectivity index (χ4v) is 3.95. The number of pyridine rings is 1. The minimum atomic E-state index is -0.625. The van der Waals surface area contributed by atoms with Crippen LogP contribution in [0.4, 0.5) is 10.1 Å². The number of fused-ring (bicyclic) bond motifs is 1. The molecule has 4 rings (SSSR count). The van der Waals surface area contributed by atoms with Crippen molar-refractivity contribution in [3.63, 3.8) is 0 Å². The second-order valence-corrected chi connectivity index (χ2v) is 7.80. The normalized spacial score (nSPS) is 17.3. The van der Waals surface area contributed by atoms with Crippen LogP contribution < -0.4 is 15.8 Å². The summed E-state index contributed by atoms with van der Waals surface area (Å²) >= 11 is 0. The van der Waals surface area contributed by atoms with E-state index in [1.54, 1.807) is 10.7 Å². The number of hydrogen-bond donors (Lipinski definition) is 2. The number of piperazine rings is 1. The lowest BCUT2D eigenvalue weighted by molar-refractivity contribution is 0.0953. The molecule has 1 aliphatic rings. The highest BCUT2D eigenvalue weighted by atomic mass is 19.1. The maximum atomic E-state index is 14.3. The fraction of sp³-hybridized carbons (Fsp3) is 0.429. The number of nitrogens with one attached hydrogen (secondary N) is 2. The van der Waals surface area contributed by atoms with Gasteiger partial charge in [-0.2, -0.15) is 5.10 Å². The molecule has 31 heavy (non-hydrogen) atoms. The first-order chi connectivity index (χ1) is 14.9. The second-order valence-electron chi connectivity index (χ2n) is 7.80. The Balaban J connectivity index is 1.45. The molecule has 0 spiro atoms. The summed E-state index contributed by atoms with van der Waals surface area (Å²) in [5, 5.41) is 6.78. The summed E-state index contributed by atoms with van der Waals surface area (Å²) in [5.41, 5.74) is 2.59. The largest absolute Gasteiger partial charge is 0.367 e. The maximum Gasteiger partial charge on any atom is 0.273 e. The van der Waals surface area contributed by atoms with Crippen molar-refractivity contribution in [2.45, 2.75) is 32.9 Å². The molecule has 0 radical (unpaired) electrons. The first-order valence-electron chi connectivity index (χ1n) is 10.4. The molecule has 1 atom stereocenters. The number of aromatic amines is 1. The number of amides is 1. The predicted octanol–water partition coefficient (Wildman–Crippen LogP) is 1.19. The molecule has 1 aliphatic heterocycles. The van der Waals surface area contributed by atoms with Gasteiger partial charge in [0.1, 0.15) is 11.3 Å². The number of halogens is 1. The average Bonchev–Trinajstić information content (AvgIpc) is 3.14. The quantitative estimate of drug-likeness (QED) is 0.635. The second kappa shape index (κ2) is 8.46. The van der Waals surface area contributed by atoms with Crippen LogP contribution in [0.25, 0.3) is 5.65 Å². The summed E-state index contributed by atoms with van der Waals surface area (Å²) < 4.78 is 16.0. The minimum Gasteiger partial charge on any atom is -0.367 e. The molecule has 1 saturated heterocycles. The van der Waals surface area contributed by atoms with Crippen LogP contribution in [0.1, 0.15) is 35.6 Å². The zero-order valence-electron chi connectivity index (χ0n) is 17.9. The molecule has 1 unspecified atom stereocenters. The van der Waals surface area contributed by atoms with E-state index in [0.29, 0.717) is 36.5 Å². The predicted molar refractivity (Wildman–Crippen MR) is 115 cm³/mol. The number of anilines is 1. The SMILES string of the molecule is CCc1nn2cc(CN3CCN(c4cnc(C(=O)NC)c(F)c4)CC3C)cc2[nH]c1=O. The highest BCUT2D eigenvalue weighted by Gasteiger charge is 2.25. The van der Waals surface area contributed by atoms with Crippen molar-refractivity contribution >= 4 is 17.2 Å². The topological polar surface area (TPSA) is 98.6 Å². The Kier molecular flexibility index (Phi) is 5.73. The van der Waals surface area contributed by atoms with E-state index >= 15 is 0 Å². The highest BCUT2D eigenvalue weighted by molar-refractivity contribution is 5.92. The van der Waals surface area contributed by atoms with Gasteiger partial charge in [-0.05, 0) is 25.0 Å². The van der Waals surface area contributed by atoms with Gasteiger partial charge in [0.15, 0.2) is 11.5 Å². The Bertz CT molecular complexity index is 1170. The van der Waals surface area contributed by atoms with Gasteiger partial charge < -0.3 is 15.2 Å². The lowest BCUT2D eigenvalue weighted by Gasteiger charge is -2.40. The molecule has 1 amide bonds. The standard InChI is InChI=1S/C21H26FN7O2/c1-4-17-20(30)25-18-7-14(12-29(18)26-17)11-27-5-6-28(10-13(27)2)15-8-16(22)19(24-9-15)21(31)23-3/h7-9,12-13H,4-6,10-11H2,1-3H3,(H,23,31)(H,25,30). The van der Waals surface area contributed by atoms with E-state index in [-0.39, 0.29) is 17.3 Å². The molecule has 0 bridgehead atoms. The summed E-state index contributed by atoms with van der Waals surface area (Å²) in [4.78, 5) is 34.9. The summed E-state index contributed by atoms with van der Waals surface area (Å²) in [5.74, 6) is -1.16. The summed E-state index contributed by atoms with van der Waals surface area (Å²) in [7, 11) is 1.45. The minimum absolute atomic E-state index is 0.148. The fourth-order valence-electron chi connectivity index (χ4n) is 3.95. The van der Waals surface area contributed by atoms with Crippen molar-refractivity contribution in [3.8, 4) is 0 Å². The molecular weight excluding hydrogens is 401 g/mol. The van der Waals surface area contributed by atoms with Gasteiger partial charge in [0.05, 0.1) is 11.9 Å². The molecule has 9 nitrogen and oxygen atoms in total. The number of carbonyl (C=O) groups is 1. The number of hydrogen-bond acceptors (Lipinski definition) is 6. The number of aromatic nitrogens is 4. The Morgan fingerprint density at radius 1 is 1.35 bits per heavy atom. The monoisotopic (exact) mass is 427 g/mol. The van der Waals surface area contributed by atoms with Crippen molar-refractivity contribution in [2.75, 3.05) is 31.6 Å². The lowest BCUT2D eigenvalue weighted by atomic mass is 10.1. The lowest BCUT2D eigenvalue weighted by Crippen LogP contribution is -2.51. The first kappa shape index (κ1) is 21.0. The third kappa shape index (κ3) is 4.15. The molecule has 10 heteroatoms. The van der Waals surface area contributed by atoms with E-state index in [1.807, 2.05) is 19.2 Å². The Morgan fingerprint density at radius 3 is 2.84 bits per heavy atom. The third-order valence-corrected chi connectivity index (χ3v) is 5.71. The average molecular weight is 427 g/mol. The van der Waals surface area contributed by atoms with Gasteiger partial charge in [0.2, 0.25) is 0 Å². The van der Waals surface area contributed by atoms with Gasteiger partial charge in [-0.1, -0.05) is 6.92 Å². The third-order valence-electron chi connectivity index (χ3n) is 5.71. The van der Waals surface area contributed by atoms with E-state index in [2.05, 4.69) is 37.1 Å². The van der Waals surface area contributed by atoms with E-state index in [4.69, 9.17) is 0 Å². The van der Waals surface area contributed by atoms with Gasteiger partial charge in [-0.3, -0.25) is 14.5 Å². The molecule has 3 aromatic rings. The Hall–Kier alpha value is -3.27. The van der Waals surface area contributed by atoms with Gasteiger partial charge in [-0.15, -0.1) is 0 Å².